The van der Waals surface area contributed by atoms with E-state index in [-0.39, 0.29) is 5.56 Å². The third-order valence-corrected chi connectivity index (χ3v) is 3.25. The number of carboxylic acid groups (broad SMARTS) is 1. The van der Waals surface area contributed by atoms with Gasteiger partial charge in [-0.2, -0.15) is 0 Å². The maximum Gasteiger partial charge on any atom is 0.339 e. The molecule has 0 unspecified atom stereocenters. The predicted molar refractivity (Wildman–Crippen MR) is 78.4 cm³/mol. The summed E-state index contributed by atoms with van der Waals surface area (Å²) in [4.78, 5) is 11.2. The van der Waals surface area contributed by atoms with E-state index in [0.29, 0.717) is 12.4 Å². The summed E-state index contributed by atoms with van der Waals surface area (Å²) in [7, 11) is 0. The minimum absolute atomic E-state index is 0.204. The van der Waals surface area contributed by atoms with Gasteiger partial charge in [-0.15, -0.1) is 0 Å². The van der Waals surface area contributed by atoms with Gasteiger partial charge in [-0.25, -0.2) is 4.79 Å². The van der Waals surface area contributed by atoms with E-state index in [2.05, 4.69) is 6.07 Å². The van der Waals surface area contributed by atoms with Crippen LogP contribution in [0.5, 0.6) is 5.75 Å². The van der Waals surface area contributed by atoms with Gasteiger partial charge in [-0.3, -0.25) is 0 Å². The number of aryl methyl sites for hydroxylation is 3. The van der Waals surface area contributed by atoms with Crippen LogP contribution in [-0.4, -0.2) is 11.1 Å². The van der Waals surface area contributed by atoms with E-state index in [1.165, 1.54) is 0 Å². The van der Waals surface area contributed by atoms with Crippen LogP contribution in [0.15, 0.2) is 36.4 Å². The summed E-state index contributed by atoms with van der Waals surface area (Å²) in [5.74, 6) is -0.561. The minimum atomic E-state index is -0.968. The van der Waals surface area contributed by atoms with Gasteiger partial charge < -0.3 is 9.84 Å². The minimum Gasteiger partial charge on any atom is -0.488 e. The quantitative estimate of drug-likeness (QED) is 0.916. The Hall–Kier alpha value is -2.29. The first-order valence-corrected chi connectivity index (χ1v) is 6.50. The van der Waals surface area contributed by atoms with Crippen LogP contribution in [0.25, 0.3) is 0 Å². The number of carboxylic acids is 1. The van der Waals surface area contributed by atoms with Gasteiger partial charge in [0.05, 0.1) is 0 Å². The highest BCUT2D eigenvalue weighted by molar-refractivity contribution is 5.91. The monoisotopic (exact) mass is 270 g/mol. The molecule has 104 valence electrons. The number of ether oxygens (including phenoxy) is 1. The standard InChI is InChI=1S/C17H18O3/c1-11-4-6-13(3)14(8-11)10-20-16-7-5-12(2)9-15(16)17(18)19/h4-9H,10H2,1-3H3,(H,18,19). The molecule has 0 aliphatic carbocycles. The van der Waals surface area contributed by atoms with E-state index >= 15 is 0 Å². The third-order valence-electron chi connectivity index (χ3n) is 3.25. The number of hydrogen-bond acceptors (Lipinski definition) is 2. The molecule has 0 saturated carbocycles. The lowest BCUT2D eigenvalue weighted by molar-refractivity contribution is 0.0691. The predicted octanol–water partition coefficient (Wildman–Crippen LogP) is 3.89. The summed E-state index contributed by atoms with van der Waals surface area (Å²) in [5.41, 5.74) is 4.48. The molecular formula is C17H18O3. The van der Waals surface area contributed by atoms with Gasteiger partial charge in [-0.05, 0) is 44.0 Å². The normalized spacial score (nSPS) is 10.3. The first-order valence-electron chi connectivity index (χ1n) is 6.50. The zero-order valence-corrected chi connectivity index (χ0v) is 11.9. The molecule has 3 heteroatoms. The van der Waals surface area contributed by atoms with Gasteiger partial charge in [0, 0.05) is 0 Å². The van der Waals surface area contributed by atoms with Gasteiger partial charge in [0.25, 0.3) is 0 Å². The molecule has 0 aliphatic heterocycles. The Morgan fingerprint density at radius 1 is 1.05 bits per heavy atom. The van der Waals surface area contributed by atoms with Crippen molar-refractivity contribution in [3.63, 3.8) is 0 Å². The maximum absolute atomic E-state index is 11.2. The Bertz CT molecular complexity index is 645. The Morgan fingerprint density at radius 2 is 1.70 bits per heavy atom. The van der Waals surface area contributed by atoms with Crippen LogP contribution in [0.2, 0.25) is 0 Å². The van der Waals surface area contributed by atoms with Gasteiger partial charge in [0.1, 0.15) is 17.9 Å². The van der Waals surface area contributed by atoms with E-state index in [4.69, 9.17) is 4.74 Å². The van der Waals surface area contributed by atoms with Crippen LogP contribution in [-0.2, 0) is 6.61 Å². The fraction of sp³-hybridized carbons (Fsp3) is 0.235. The molecule has 0 amide bonds. The van der Waals surface area contributed by atoms with Crippen LogP contribution in [0, 0.1) is 20.8 Å². The molecule has 20 heavy (non-hydrogen) atoms. The molecule has 0 fully saturated rings. The lowest BCUT2D eigenvalue weighted by Crippen LogP contribution is -2.05. The number of rotatable bonds is 4. The smallest absolute Gasteiger partial charge is 0.339 e. The first kappa shape index (κ1) is 14.1. The fourth-order valence-corrected chi connectivity index (χ4v) is 2.05. The lowest BCUT2D eigenvalue weighted by atomic mass is 10.1. The van der Waals surface area contributed by atoms with Gasteiger partial charge in [-0.1, -0.05) is 35.4 Å². The van der Waals surface area contributed by atoms with E-state index in [1.807, 2.05) is 39.0 Å². The average Bonchev–Trinajstić information content (AvgIpc) is 2.40. The van der Waals surface area contributed by atoms with Crippen molar-refractivity contribution in [2.24, 2.45) is 0 Å². The first-order chi connectivity index (χ1) is 9.47. The molecule has 1 N–H and O–H groups in total. The largest absolute Gasteiger partial charge is 0.488 e. The van der Waals surface area contributed by atoms with Gasteiger partial charge in [0.15, 0.2) is 0 Å². The maximum atomic E-state index is 11.2. The lowest BCUT2D eigenvalue weighted by Gasteiger charge is -2.12. The molecule has 2 aromatic rings. The Kier molecular flexibility index (Phi) is 4.08. The SMILES string of the molecule is Cc1ccc(C)c(COc2ccc(C)cc2C(=O)O)c1. The molecule has 0 atom stereocenters. The van der Waals surface area contributed by atoms with Crippen molar-refractivity contribution in [2.75, 3.05) is 0 Å². The molecule has 0 radical (unpaired) electrons. The molecule has 0 aromatic heterocycles. The van der Waals surface area contributed by atoms with Crippen molar-refractivity contribution in [1.82, 2.24) is 0 Å². The van der Waals surface area contributed by atoms with Crippen molar-refractivity contribution in [1.29, 1.82) is 0 Å². The molecule has 2 aromatic carbocycles. The van der Waals surface area contributed by atoms with Gasteiger partial charge >= 0.3 is 5.97 Å². The molecule has 3 nitrogen and oxygen atoms in total. The summed E-state index contributed by atoms with van der Waals surface area (Å²) in [6.07, 6.45) is 0. The number of carbonyl (C=O) groups is 1. The highest BCUT2D eigenvalue weighted by atomic mass is 16.5. The molecule has 2 rings (SSSR count). The van der Waals surface area contributed by atoms with Crippen LogP contribution in [0.1, 0.15) is 32.6 Å². The van der Waals surface area contributed by atoms with E-state index < -0.39 is 5.97 Å². The summed E-state index contributed by atoms with van der Waals surface area (Å²) in [6.45, 7) is 6.28. The summed E-state index contributed by atoms with van der Waals surface area (Å²) in [5, 5.41) is 9.21. The van der Waals surface area contributed by atoms with Gasteiger partial charge in [0.2, 0.25) is 0 Å². The molecule has 0 aliphatic rings. The third kappa shape index (κ3) is 3.18. The van der Waals surface area contributed by atoms with Crippen molar-refractivity contribution < 1.29 is 14.6 Å². The Balaban J connectivity index is 2.23. The zero-order chi connectivity index (χ0) is 14.7. The topological polar surface area (TPSA) is 46.5 Å². The molecule has 0 heterocycles. The van der Waals surface area contributed by atoms with Crippen LogP contribution in [0.4, 0.5) is 0 Å². The highest BCUT2D eigenvalue weighted by Gasteiger charge is 2.12. The Morgan fingerprint density at radius 3 is 2.40 bits per heavy atom. The number of aromatic carboxylic acids is 1. The summed E-state index contributed by atoms with van der Waals surface area (Å²) in [6, 6.07) is 11.3. The van der Waals surface area contributed by atoms with Crippen LogP contribution in [0.3, 0.4) is 0 Å². The second-order valence-corrected chi connectivity index (χ2v) is 5.02. The van der Waals surface area contributed by atoms with E-state index in [9.17, 15) is 9.90 Å². The Labute approximate surface area is 118 Å². The van der Waals surface area contributed by atoms with E-state index in [0.717, 1.165) is 22.3 Å². The van der Waals surface area contributed by atoms with Crippen molar-refractivity contribution >= 4 is 5.97 Å². The fourth-order valence-electron chi connectivity index (χ4n) is 2.05. The van der Waals surface area contributed by atoms with Crippen molar-refractivity contribution in [3.05, 3.63) is 64.2 Å². The molecule has 0 saturated heterocycles. The summed E-state index contributed by atoms with van der Waals surface area (Å²) < 4.78 is 5.69. The van der Waals surface area contributed by atoms with Crippen molar-refractivity contribution in [2.45, 2.75) is 27.4 Å². The number of benzene rings is 2. The zero-order valence-electron chi connectivity index (χ0n) is 11.9. The number of hydrogen-bond donors (Lipinski definition) is 1. The summed E-state index contributed by atoms with van der Waals surface area (Å²) >= 11 is 0. The average molecular weight is 270 g/mol. The van der Waals surface area contributed by atoms with Crippen molar-refractivity contribution in [3.8, 4) is 5.75 Å². The second-order valence-electron chi connectivity index (χ2n) is 5.02. The molecule has 0 bridgehead atoms. The van der Waals surface area contributed by atoms with Crippen LogP contribution >= 0.6 is 0 Å². The molecular weight excluding hydrogens is 252 g/mol. The molecule has 0 spiro atoms. The van der Waals surface area contributed by atoms with E-state index in [1.54, 1.807) is 12.1 Å². The highest BCUT2D eigenvalue weighted by Crippen LogP contribution is 2.22. The second kappa shape index (κ2) is 5.78. The van der Waals surface area contributed by atoms with Crippen LogP contribution < -0.4 is 4.74 Å².